The van der Waals surface area contributed by atoms with E-state index in [0.717, 1.165) is 6.07 Å². The third-order valence-corrected chi connectivity index (χ3v) is 2.53. The molecule has 0 aliphatic rings. The summed E-state index contributed by atoms with van der Waals surface area (Å²) in [6, 6.07) is 0.886. The summed E-state index contributed by atoms with van der Waals surface area (Å²) in [7, 11) is 0. The number of halogens is 5. The number of alkyl halides is 3. The summed E-state index contributed by atoms with van der Waals surface area (Å²) in [5, 5.41) is 9.45. The van der Waals surface area contributed by atoms with Gasteiger partial charge >= 0.3 is 17.9 Å². The summed E-state index contributed by atoms with van der Waals surface area (Å²) in [5.41, 5.74) is -1.57. The average Bonchev–Trinajstić information content (AvgIpc) is 2.12. The SMILES string of the molecule is O=C(Cl)c1cc(I)c([N+](=O)[O-])c(OC(F)(F)F)n1. The van der Waals surface area contributed by atoms with Crippen molar-refractivity contribution in [1.82, 2.24) is 4.98 Å². The van der Waals surface area contributed by atoms with Gasteiger partial charge in [0, 0.05) is 0 Å². The van der Waals surface area contributed by atoms with Gasteiger partial charge in [-0.05, 0) is 40.3 Å². The van der Waals surface area contributed by atoms with Gasteiger partial charge in [-0.3, -0.25) is 14.9 Å². The molecule has 0 atom stereocenters. The van der Waals surface area contributed by atoms with Gasteiger partial charge < -0.3 is 4.74 Å². The molecule has 1 aromatic heterocycles. The number of rotatable bonds is 3. The maximum atomic E-state index is 12.0. The second-order valence-corrected chi connectivity index (χ2v) is 4.23. The molecule has 0 bridgehead atoms. The number of hydrogen-bond acceptors (Lipinski definition) is 5. The third-order valence-electron chi connectivity index (χ3n) is 1.51. The number of ether oxygens (including phenoxy) is 1. The minimum Gasteiger partial charge on any atom is -0.381 e. The molecule has 0 saturated carbocycles. The highest BCUT2D eigenvalue weighted by Crippen LogP contribution is 2.34. The smallest absolute Gasteiger partial charge is 0.381 e. The van der Waals surface area contributed by atoms with E-state index in [1.165, 1.54) is 22.6 Å². The zero-order valence-electron chi connectivity index (χ0n) is 7.99. The standard InChI is InChI=1S/C7HClF3IN2O4/c8-5(15)3-1-2(12)4(14(16)17)6(13-3)18-7(9,10)11/h1H. The quantitative estimate of drug-likeness (QED) is 0.340. The topological polar surface area (TPSA) is 82.3 Å². The highest BCUT2D eigenvalue weighted by atomic mass is 127. The molecule has 0 saturated heterocycles. The van der Waals surface area contributed by atoms with Crippen molar-refractivity contribution >= 4 is 45.1 Å². The van der Waals surface area contributed by atoms with Crippen molar-refractivity contribution in [2.24, 2.45) is 0 Å². The van der Waals surface area contributed by atoms with Gasteiger partial charge in [0.1, 0.15) is 5.69 Å². The maximum absolute atomic E-state index is 12.0. The van der Waals surface area contributed by atoms with Gasteiger partial charge in [0.15, 0.2) is 0 Å². The maximum Gasteiger partial charge on any atom is 0.574 e. The number of carbonyl (C=O) groups is 1. The number of aromatic nitrogens is 1. The van der Waals surface area contributed by atoms with Crippen LogP contribution in [0.5, 0.6) is 5.88 Å². The Morgan fingerprint density at radius 1 is 1.56 bits per heavy atom. The molecule has 6 nitrogen and oxygen atoms in total. The zero-order valence-corrected chi connectivity index (χ0v) is 10.9. The second kappa shape index (κ2) is 5.22. The van der Waals surface area contributed by atoms with Crippen LogP contribution in [0.15, 0.2) is 6.07 Å². The van der Waals surface area contributed by atoms with E-state index in [1.807, 2.05) is 0 Å². The number of pyridine rings is 1. The Kier molecular flexibility index (Phi) is 4.32. The van der Waals surface area contributed by atoms with Crippen molar-refractivity contribution in [1.29, 1.82) is 0 Å². The van der Waals surface area contributed by atoms with E-state index in [-0.39, 0.29) is 3.57 Å². The van der Waals surface area contributed by atoms with Crippen LogP contribution in [0.3, 0.4) is 0 Å². The van der Waals surface area contributed by atoms with Gasteiger partial charge in [-0.15, -0.1) is 13.2 Å². The van der Waals surface area contributed by atoms with Crippen LogP contribution in [0, 0.1) is 13.7 Å². The molecular weight excluding hydrogens is 395 g/mol. The highest BCUT2D eigenvalue weighted by Gasteiger charge is 2.37. The first-order valence-corrected chi connectivity index (χ1v) is 5.38. The molecule has 1 heterocycles. The van der Waals surface area contributed by atoms with Crippen LogP contribution < -0.4 is 4.74 Å². The van der Waals surface area contributed by atoms with Gasteiger partial charge in [-0.25, -0.2) is 4.98 Å². The molecule has 0 radical (unpaired) electrons. The lowest BCUT2D eigenvalue weighted by Gasteiger charge is -2.09. The number of nitrogens with zero attached hydrogens (tertiary/aromatic N) is 2. The average molecular weight is 396 g/mol. The Labute approximate surface area is 115 Å². The van der Waals surface area contributed by atoms with E-state index in [1.54, 1.807) is 0 Å². The van der Waals surface area contributed by atoms with Crippen molar-refractivity contribution in [3.63, 3.8) is 0 Å². The van der Waals surface area contributed by atoms with Crippen molar-refractivity contribution in [2.45, 2.75) is 6.36 Å². The minimum absolute atomic E-state index is 0.254. The first-order valence-electron chi connectivity index (χ1n) is 3.92. The Bertz CT molecular complexity index is 522. The molecule has 0 N–H and O–H groups in total. The largest absolute Gasteiger partial charge is 0.574 e. The lowest BCUT2D eigenvalue weighted by atomic mass is 10.3. The molecule has 1 rings (SSSR count). The normalized spacial score (nSPS) is 11.2. The van der Waals surface area contributed by atoms with Crippen LogP contribution in [0.4, 0.5) is 18.9 Å². The summed E-state index contributed by atoms with van der Waals surface area (Å²) in [4.78, 5) is 23.4. The van der Waals surface area contributed by atoms with Crippen LogP contribution in [-0.4, -0.2) is 21.5 Å². The lowest BCUT2D eigenvalue weighted by molar-refractivity contribution is -0.390. The van der Waals surface area contributed by atoms with Gasteiger partial charge in [0.25, 0.3) is 5.24 Å². The third kappa shape index (κ3) is 3.66. The Morgan fingerprint density at radius 2 is 2.11 bits per heavy atom. The predicted molar refractivity (Wildman–Crippen MR) is 60.5 cm³/mol. The van der Waals surface area contributed by atoms with E-state index in [9.17, 15) is 28.1 Å². The van der Waals surface area contributed by atoms with Gasteiger partial charge in [-0.1, -0.05) is 0 Å². The van der Waals surface area contributed by atoms with Crippen molar-refractivity contribution in [2.75, 3.05) is 0 Å². The van der Waals surface area contributed by atoms with E-state index >= 15 is 0 Å². The summed E-state index contributed by atoms with van der Waals surface area (Å²) in [6.45, 7) is 0. The zero-order chi connectivity index (χ0) is 14.1. The van der Waals surface area contributed by atoms with Crippen LogP contribution in [0.2, 0.25) is 0 Å². The van der Waals surface area contributed by atoms with E-state index in [4.69, 9.17) is 11.6 Å². The fourth-order valence-electron chi connectivity index (χ4n) is 0.932. The number of carbonyl (C=O) groups excluding carboxylic acids is 1. The van der Waals surface area contributed by atoms with E-state index in [2.05, 4.69) is 9.72 Å². The second-order valence-electron chi connectivity index (χ2n) is 2.72. The van der Waals surface area contributed by atoms with E-state index < -0.39 is 33.8 Å². The summed E-state index contributed by atoms with van der Waals surface area (Å²) < 4.78 is 39.3. The van der Waals surface area contributed by atoms with Crippen LogP contribution in [0.25, 0.3) is 0 Å². The van der Waals surface area contributed by atoms with Crippen molar-refractivity contribution < 1.29 is 27.6 Å². The lowest BCUT2D eigenvalue weighted by Crippen LogP contribution is -2.19. The van der Waals surface area contributed by atoms with E-state index in [0.29, 0.717) is 0 Å². The number of hydrogen-bond donors (Lipinski definition) is 0. The van der Waals surface area contributed by atoms with Gasteiger partial charge in [-0.2, -0.15) is 0 Å². The van der Waals surface area contributed by atoms with Crippen LogP contribution >= 0.6 is 34.2 Å². The molecule has 0 aliphatic heterocycles. The van der Waals surface area contributed by atoms with Crippen molar-refractivity contribution in [3.05, 3.63) is 25.4 Å². The Morgan fingerprint density at radius 3 is 2.50 bits per heavy atom. The fourth-order valence-corrected chi connectivity index (χ4v) is 1.75. The molecule has 0 aromatic carbocycles. The molecule has 98 valence electrons. The molecule has 11 heteroatoms. The number of nitro groups is 1. The van der Waals surface area contributed by atoms with Crippen molar-refractivity contribution in [3.8, 4) is 5.88 Å². The monoisotopic (exact) mass is 396 g/mol. The molecule has 0 unspecified atom stereocenters. The first kappa shape index (κ1) is 14.9. The molecule has 18 heavy (non-hydrogen) atoms. The minimum atomic E-state index is -5.17. The van der Waals surface area contributed by atoms with Gasteiger partial charge in [0.05, 0.1) is 8.49 Å². The summed E-state index contributed by atoms with van der Waals surface area (Å²) in [5.74, 6) is -1.33. The predicted octanol–water partition coefficient (Wildman–Crippen LogP) is 2.87. The Hall–Kier alpha value is -1.17. The Balaban J connectivity index is 3.43. The summed E-state index contributed by atoms with van der Waals surface area (Å²) >= 11 is 6.41. The highest BCUT2D eigenvalue weighted by molar-refractivity contribution is 14.1. The molecule has 0 spiro atoms. The molecule has 1 aromatic rings. The molecule has 0 fully saturated rings. The summed E-state index contributed by atoms with van der Waals surface area (Å²) in [6.07, 6.45) is -5.17. The van der Waals surface area contributed by atoms with Gasteiger partial charge in [0.2, 0.25) is 0 Å². The van der Waals surface area contributed by atoms with Crippen LogP contribution in [0.1, 0.15) is 10.5 Å². The van der Waals surface area contributed by atoms with Crippen LogP contribution in [-0.2, 0) is 0 Å². The fraction of sp³-hybridized carbons (Fsp3) is 0.143. The first-order chi connectivity index (χ1) is 8.11. The molecule has 0 amide bonds. The molecule has 0 aliphatic carbocycles. The molecular formula is C7HClF3IN2O4.